The molecule has 1 aliphatic heterocycles. The Bertz CT molecular complexity index is 819. The minimum Gasteiger partial charge on any atom is -0.376 e. The highest BCUT2D eigenvalue weighted by Gasteiger charge is 2.25. The van der Waals surface area contributed by atoms with Crippen molar-refractivity contribution in [2.45, 2.75) is 46.3 Å². The number of carbonyl (C=O) groups excluding carboxylic acids is 1. The van der Waals surface area contributed by atoms with E-state index >= 15 is 0 Å². The molecule has 0 saturated carbocycles. The molecule has 25 heavy (non-hydrogen) atoms. The molecular weight excluding hydrogens is 316 g/mol. The summed E-state index contributed by atoms with van der Waals surface area (Å²) in [5.41, 5.74) is 2.44. The van der Waals surface area contributed by atoms with Gasteiger partial charge in [-0.2, -0.15) is 0 Å². The lowest BCUT2D eigenvalue weighted by atomic mass is 10.1. The Morgan fingerprint density at radius 1 is 1.36 bits per heavy atom. The van der Waals surface area contributed by atoms with Gasteiger partial charge in [-0.05, 0) is 43.4 Å². The minimum atomic E-state index is -0.134. The number of benzene rings is 1. The Morgan fingerprint density at radius 2 is 2.16 bits per heavy atom. The summed E-state index contributed by atoms with van der Waals surface area (Å²) >= 11 is 0. The van der Waals surface area contributed by atoms with Crippen molar-refractivity contribution in [3.05, 3.63) is 45.7 Å². The third kappa shape index (κ3) is 4.10. The second-order valence-electron chi connectivity index (χ2n) is 7.22. The molecule has 5 nitrogen and oxygen atoms in total. The number of pyridine rings is 1. The van der Waals surface area contributed by atoms with Crippen LogP contribution in [0.1, 0.15) is 37.8 Å². The Kier molecular flexibility index (Phi) is 5.23. The molecule has 0 spiro atoms. The van der Waals surface area contributed by atoms with E-state index in [1.807, 2.05) is 45.0 Å². The molecule has 1 aromatic carbocycles. The summed E-state index contributed by atoms with van der Waals surface area (Å²) in [6, 6.07) is 7.84. The number of hydrogen-bond donors (Lipinski definition) is 1. The summed E-state index contributed by atoms with van der Waals surface area (Å²) in [7, 11) is 0. The molecule has 1 amide bonds. The van der Waals surface area contributed by atoms with E-state index in [1.165, 1.54) is 0 Å². The van der Waals surface area contributed by atoms with Gasteiger partial charge in [0.15, 0.2) is 0 Å². The van der Waals surface area contributed by atoms with Gasteiger partial charge in [-0.3, -0.25) is 9.59 Å². The van der Waals surface area contributed by atoms with Gasteiger partial charge < -0.3 is 14.6 Å². The fourth-order valence-corrected chi connectivity index (χ4v) is 3.33. The summed E-state index contributed by atoms with van der Waals surface area (Å²) in [4.78, 5) is 29.8. The SMILES string of the molecule is Cc1ccc2[nH]c(=O)c(CN(CC3CCCO3)C(=O)C(C)C)cc2c1. The molecular formula is C20H26N2O3. The molecule has 3 rings (SSSR count). The van der Waals surface area contributed by atoms with Crippen molar-refractivity contribution < 1.29 is 9.53 Å². The maximum absolute atomic E-state index is 12.6. The average molecular weight is 342 g/mol. The number of carbonyl (C=O) groups is 1. The summed E-state index contributed by atoms with van der Waals surface area (Å²) in [5, 5.41) is 0.990. The summed E-state index contributed by atoms with van der Waals surface area (Å²) in [6.07, 6.45) is 2.07. The van der Waals surface area contributed by atoms with Crippen molar-refractivity contribution in [3.8, 4) is 0 Å². The van der Waals surface area contributed by atoms with Crippen molar-refractivity contribution in [3.63, 3.8) is 0 Å². The maximum atomic E-state index is 12.6. The van der Waals surface area contributed by atoms with Crippen molar-refractivity contribution in [1.29, 1.82) is 0 Å². The van der Waals surface area contributed by atoms with E-state index < -0.39 is 0 Å². The Morgan fingerprint density at radius 3 is 2.84 bits per heavy atom. The Balaban J connectivity index is 1.89. The van der Waals surface area contributed by atoms with Gasteiger partial charge in [-0.25, -0.2) is 0 Å². The van der Waals surface area contributed by atoms with E-state index in [4.69, 9.17) is 4.74 Å². The largest absolute Gasteiger partial charge is 0.376 e. The standard InChI is InChI=1S/C20H26N2O3/c1-13(2)20(24)22(12-17-5-4-8-25-17)11-16-10-15-9-14(3)6-7-18(15)21-19(16)23/h6-7,9-10,13,17H,4-5,8,11-12H2,1-3H3,(H,21,23). The quantitative estimate of drug-likeness (QED) is 0.908. The third-order valence-electron chi connectivity index (χ3n) is 4.69. The van der Waals surface area contributed by atoms with Gasteiger partial charge in [0.05, 0.1) is 12.6 Å². The lowest BCUT2D eigenvalue weighted by molar-refractivity contribution is -0.136. The van der Waals surface area contributed by atoms with Crippen molar-refractivity contribution in [1.82, 2.24) is 9.88 Å². The first kappa shape index (κ1) is 17.7. The first-order chi connectivity index (χ1) is 11.9. The molecule has 2 aromatic rings. The molecule has 1 aromatic heterocycles. The highest BCUT2D eigenvalue weighted by atomic mass is 16.5. The average Bonchev–Trinajstić information content (AvgIpc) is 3.07. The van der Waals surface area contributed by atoms with Crippen LogP contribution in [-0.4, -0.2) is 35.0 Å². The molecule has 134 valence electrons. The number of aromatic nitrogens is 1. The van der Waals surface area contributed by atoms with E-state index in [-0.39, 0.29) is 23.5 Å². The summed E-state index contributed by atoms with van der Waals surface area (Å²) in [6.45, 7) is 7.41. The Labute approximate surface area is 148 Å². The highest BCUT2D eigenvalue weighted by Crippen LogP contribution is 2.18. The topological polar surface area (TPSA) is 62.4 Å². The third-order valence-corrected chi connectivity index (χ3v) is 4.69. The van der Waals surface area contributed by atoms with Crippen LogP contribution in [0.3, 0.4) is 0 Å². The summed E-state index contributed by atoms with van der Waals surface area (Å²) in [5.74, 6) is -0.0533. The van der Waals surface area contributed by atoms with Crippen LogP contribution in [0.25, 0.3) is 10.9 Å². The minimum absolute atomic E-state index is 0.0549. The van der Waals surface area contributed by atoms with E-state index in [0.717, 1.165) is 35.9 Å². The van der Waals surface area contributed by atoms with E-state index in [0.29, 0.717) is 18.7 Å². The number of nitrogens with one attached hydrogen (secondary N) is 1. The molecule has 2 heterocycles. The second-order valence-corrected chi connectivity index (χ2v) is 7.22. The van der Waals surface area contributed by atoms with Crippen molar-refractivity contribution in [2.75, 3.05) is 13.2 Å². The fourth-order valence-electron chi connectivity index (χ4n) is 3.33. The number of aromatic amines is 1. The molecule has 0 bridgehead atoms. The Hall–Kier alpha value is -2.14. The molecule has 0 aliphatic carbocycles. The molecule has 1 atom stereocenters. The van der Waals surface area contributed by atoms with Crippen LogP contribution >= 0.6 is 0 Å². The van der Waals surface area contributed by atoms with Crippen molar-refractivity contribution in [2.24, 2.45) is 5.92 Å². The molecule has 1 unspecified atom stereocenters. The predicted molar refractivity (Wildman–Crippen MR) is 98.5 cm³/mol. The monoisotopic (exact) mass is 342 g/mol. The number of nitrogens with zero attached hydrogens (tertiary/aromatic N) is 1. The number of ether oxygens (including phenoxy) is 1. The molecule has 1 aliphatic rings. The zero-order valence-corrected chi connectivity index (χ0v) is 15.2. The van der Waals surface area contributed by atoms with Gasteiger partial charge >= 0.3 is 0 Å². The second kappa shape index (κ2) is 7.40. The number of fused-ring (bicyclic) bond motifs is 1. The van der Waals surface area contributed by atoms with Crippen LogP contribution in [0.4, 0.5) is 0 Å². The van der Waals surface area contributed by atoms with Gasteiger partial charge in [0.2, 0.25) is 5.91 Å². The predicted octanol–water partition coefficient (Wildman–Crippen LogP) is 3.00. The van der Waals surface area contributed by atoms with E-state index in [1.54, 1.807) is 4.90 Å². The van der Waals surface area contributed by atoms with Gasteiger partial charge in [0, 0.05) is 30.1 Å². The van der Waals surface area contributed by atoms with Crippen LogP contribution in [0.15, 0.2) is 29.1 Å². The van der Waals surface area contributed by atoms with Crippen molar-refractivity contribution >= 4 is 16.8 Å². The lowest BCUT2D eigenvalue weighted by Gasteiger charge is -2.27. The number of H-pyrrole nitrogens is 1. The smallest absolute Gasteiger partial charge is 0.253 e. The zero-order chi connectivity index (χ0) is 18.0. The lowest BCUT2D eigenvalue weighted by Crippen LogP contribution is -2.40. The summed E-state index contributed by atoms with van der Waals surface area (Å²) < 4.78 is 5.69. The number of amides is 1. The number of aryl methyl sites for hydroxylation is 1. The van der Waals surface area contributed by atoms with Gasteiger partial charge in [-0.15, -0.1) is 0 Å². The van der Waals surface area contributed by atoms with Gasteiger partial charge in [0.25, 0.3) is 5.56 Å². The van der Waals surface area contributed by atoms with Crippen LogP contribution in [-0.2, 0) is 16.1 Å². The normalized spacial score (nSPS) is 17.4. The molecule has 1 saturated heterocycles. The zero-order valence-electron chi connectivity index (χ0n) is 15.2. The first-order valence-corrected chi connectivity index (χ1v) is 8.97. The molecule has 1 fully saturated rings. The molecule has 1 N–H and O–H groups in total. The molecule has 0 radical (unpaired) electrons. The van der Waals surface area contributed by atoms with Gasteiger partial charge in [0.1, 0.15) is 0 Å². The van der Waals surface area contributed by atoms with E-state index in [9.17, 15) is 9.59 Å². The fraction of sp³-hybridized carbons (Fsp3) is 0.500. The van der Waals surface area contributed by atoms with Crippen LogP contribution in [0, 0.1) is 12.8 Å². The highest BCUT2D eigenvalue weighted by molar-refractivity contribution is 5.80. The van der Waals surface area contributed by atoms with Crippen LogP contribution in [0.2, 0.25) is 0 Å². The number of hydrogen-bond acceptors (Lipinski definition) is 3. The van der Waals surface area contributed by atoms with E-state index in [2.05, 4.69) is 4.98 Å². The number of rotatable bonds is 5. The maximum Gasteiger partial charge on any atom is 0.253 e. The first-order valence-electron chi connectivity index (χ1n) is 8.97. The van der Waals surface area contributed by atoms with Crippen LogP contribution < -0.4 is 5.56 Å². The van der Waals surface area contributed by atoms with Gasteiger partial charge in [-0.1, -0.05) is 25.5 Å². The molecule has 5 heteroatoms. The van der Waals surface area contributed by atoms with Crippen LogP contribution in [0.5, 0.6) is 0 Å².